The van der Waals surface area contributed by atoms with Crippen LogP contribution >= 0.6 is 0 Å². The molecule has 0 fully saturated rings. The third-order valence-corrected chi connectivity index (χ3v) is 2.29. The van der Waals surface area contributed by atoms with Gasteiger partial charge in [-0.1, -0.05) is 76.3 Å². The van der Waals surface area contributed by atoms with E-state index in [0.29, 0.717) is 11.8 Å². The quantitative estimate of drug-likeness (QED) is 0.569. The molecule has 0 heterocycles. The van der Waals surface area contributed by atoms with Crippen molar-refractivity contribution in [1.82, 2.24) is 0 Å². The Labute approximate surface area is 95.1 Å². The Morgan fingerprint density at radius 2 is 1.27 bits per heavy atom. The molecular formula is C15H24. The standard InChI is InChI=1S/C11H12.2C2H6/c1-2-6-10(7-3-1)11-8-4-5-9-11;2*1-2/h1-6,8-11H,7H2;2*1-2H3. The largest absolute Gasteiger partial charge is 0.0839 e. The monoisotopic (exact) mass is 204 g/mol. The Hall–Kier alpha value is -1.04. The molecule has 2 aliphatic rings. The molecule has 0 N–H and O–H groups in total. The van der Waals surface area contributed by atoms with E-state index in [4.69, 9.17) is 0 Å². The zero-order valence-electron chi connectivity index (χ0n) is 10.5. The molecule has 2 aliphatic carbocycles. The van der Waals surface area contributed by atoms with Gasteiger partial charge in [-0.2, -0.15) is 0 Å². The molecule has 84 valence electrons. The summed E-state index contributed by atoms with van der Waals surface area (Å²) < 4.78 is 0. The summed E-state index contributed by atoms with van der Waals surface area (Å²) in [5.41, 5.74) is 0. The van der Waals surface area contributed by atoms with Crippen LogP contribution < -0.4 is 0 Å². The lowest BCUT2D eigenvalue weighted by Gasteiger charge is -2.16. The zero-order chi connectivity index (χ0) is 11.5. The highest BCUT2D eigenvalue weighted by atomic mass is 14.2. The van der Waals surface area contributed by atoms with Gasteiger partial charge >= 0.3 is 0 Å². The van der Waals surface area contributed by atoms with Crippen molar-refractivity contribution in [2.24, 2.45) is 11.8 Å². The summed E-state index contributed by atoms with van der Waals surface area (Å²) in [7, 11) is 0. The Bertz CT molecular complexity index is 229. The first-order valence-corrected chi connectivity index (χ1v) is 6.15. The maximum absolute atomic E-state index is 2.30. The summed E-state index contributed by atoms with van der Waals surface area (Å²) in [6.45, 7) is 8.00. The molecule has 0 aliphatic heterocycles. The first kappa shape index (κ1) is 14.0. The van der Waals surface area contributed by atoms with Gasteiger partial charge in [-0.3, -0.25) is 0 Å². The van der Waals surface area contributed by atoms with Crippen molar-refractivity contribution >= 4 is 0 Å². The van der Waals surface area contributed by atoms with Crippen molar-refractivity contribution in [2.75, 3.05) is 0 Å². The van der Waals surface area contributed by atoms with Crippen LogP contribution in [0.15, 0.2) is 48.6 Å². The lowest BCUT2D eigenvalue weighted by molar-refractivity contribution is 0.565. The number of hydrogen-bond donors (Lipinski definition) is 0. The summed E-state index contributed by atoms with van der Waals surface area (Å²) in [6, 6.07) is 0. The van der Waals surface area contributed by atoms with Gasteiger partial charge < -0.3 is 0 Å². The Balaban J connectivity index is 0.000000442. The molecule has 0 aromatic carbocycles. The van der Waals surface area contributed by atoms with Crippen LogP contribution in [0, 0.1) is 11.8 Å². The maximum Gasteiger partial charge on any atom is 0.00187 e. The highest BCUT2D eigenvalue weighted by Crippen LogP contribution is 2.26. The van der Waals surface area contributed by atoms with Crippen molar-refractivity contribution in [3.05, 3.63) is 48.6 Å². The molecule has 0 aromatic rings. The second-order valence-corrected chi connectivity index (χ2v) is 3.06. The smallest absolute Gasteiger partial charge is 0.00187 e. The van der Waals surface area contributed by atoms with Gasteiger partial charge in [0.25, 0.3) is 0 Å². The SMILES string of the molecule is C1=CCC(C2C=CC=C2)C=C1.CC.CC. The van der Waals surface area contributed by atoms with Crippen molar-refractivity contribution < 1.29 is 0 Å². The van der Waals surface area contributed by atoms with Crippen LogP contribution in [0.3, 0.4) is 0 Å². The highest BCUT2D eigenvalue weighted by Gasteiger charge is 2.14. The lowest BCUT2D eigenvalue weighted by Crippen LogP contribution is -2.06. The Kier molecular flexibility index (Phi) is 8.85. The molecule has 0 amide bonds. The lowest BCUT2D eigenvalue weighted by atomic mass is 9.88. The first-order valence-electron chi connectivity index (χ1n) is 6.15. The van der Waals surface area contributed by atoms with E-state index in [9.17, 15) is 0 Å². The normalized spacial score (nSPS) is 21.7. The third kappa shape index (κ3) is 4.83. The fourth-order valence-electron chi connectivity index (χ4n) is 1.62. The van der Waals surface area contributed by atoms with Gasteiger partial charge in [0, 0.05) is 5.92 Å². The number of allylic oxidation sites excluding steroid dienone is 8. The van der Waals surface area contributed by atoms with E-state index in [0.717, 1.165) is 0 Å². The van der Waals surface area contributed by atoms with Crippen molar-refractivity contribution in [1.29, 1.82) is 0 Å². The minimum absolute atomic E-state index is 0.649. The second-order valence-electron chi connectivity index (χ2n) is 3.06. The summed E-state index contributed by atoms with van der Waals surface area (Å²) in [5, 5.41) is 0. The molecule has 0 bridgehead atoms. The Morgan fingerprint density at radius 1 is 0.733 bits per heavy atom. The van der Waals surface area contributed by atoms with Gasteiger partial charge in [0.2, 0.25) is 0 Å². The topological polar surface area (TPSA) is 0 Å². The summed E-state index contributed by atoms with van der Waals surface area (Å²) >= 11 is 0. The molecule has 0 saturated carbocycles. The maximum atomic E-state index is 2.30. The Morgan fingerprint density at radius 3 is 1.73 bits per heavy atom. The van der Waals surface area contributed by atoms with Crippen LogP contribution in [0.25, 0.3) is 0 Å². The van der Waals surface area contributed by atoms with E-state index in [1.807, 2.05) is 27.7 Å². The fraction of sp³-hybridized carbons (Fsp3) is 0.467. The molecular weight excluding hydrogens is 180 g/mol. The van der Waals surface area contributed by atoms with Gasteiger partial charge in [-0.05, 0) is 12.3 Å². The molecule has 0 nitrogen and oxygen atoms in total. The van der Waals surface area contributed by atoms with Crippen molar-refractivity contribution in [3.8, 4) is 0 Å². The summed E-state index contributed by atoms with van der Waals surface area (Å²) in [5.74, 6) is 1.35. The van der Waals surface area contributed by atoms with Gasteiger partial charge in [0.15, 0.2) is 0 Å². The molecule has 0 spiro atoms. The van der Waals surface area contributed by atoms with E-state index < -0.39 is 0 Å². The van der Waals surface area contributed by atoms with Crippen LogP contribution in [0.5, 0.6) is 0 Å². The van der Waals surface area contributed by atoms with E-state index in [2.05, 4.69) is 48.6 Å². The summed E-state index contributed by atoms with van der Waals surface area (Å²) in [6.07, 6.45) is 18.8. The molecule has 0 radical (unpaired) electrons. The predicted octanol–water partition coefficient (Wildman–Crippen LogP) is 4.91. The van der Waals surface area contributed by atoms with Crippen LogP contribution in [-0.2, 0) is 0 Å². The average Bonchev–Trinajstić information content (AvgIpc) is 2.89. The molecule has 2 rings (SSSR count). The first-order chi connectivity index (χ1) is 7.47. The fourth-order valence-corrected chi connectivity index (χ4v) is 1.62. The van der Waals surface area contributed by atoms with E-state index in [-0.39, 0.29) is 0 Å². The number of rotatable bonds is 1. The minimum atomic E-state index is 0.649. The van der Waals surface area contributed by atoms with Crippen molar-refractivity contribution in [2.45, 2.75) is 34.1 Å². The molecule has 15 heavy (non-hydrogen) atoms. The van der Waals surface area contributed by atoms with Gasteiger partial charge in [-0.25, -0.2) is 0 Å². The zero-order valence-corrected chi connectivity index (χ0v) is 10.5. The molecule has 0 aromatic heterocycles. The molecule has 1 unspecified atom stereocenters. The van der Waals surface area contributed by atoms with Gasteiger partial charge in [0.1, 0.15) is 0 Å². The average molecular weight is 204 g/mol. The van der Waals surface area contributed by atoms with Crippen molar-refractivity contribution in [3.63, 3.8) is 0 Å². The second kappa shape index (κ2) is 9.51. The summed E-state index contributed by atoms with van der Waals surface area (Å²) in [4.78, 5) is 0. The highest BCUT2D eigenvalue weighted by molar-refractivity contribution is 5.23. The van der Waals surface area contributed by atoms with Gasteiger partial charge in [-0.15, -0.1) is 0 Å². The predicted molar refractivity (Wildman–Crippen MR) is 70.9 cm³/mol. The van der Waals surface area contributed by atoms with Crippen LogP contribution in [-0.4, -0.2) is 0 Å². The molecule has 0 saturated heterocycles. The number of hydrogen-bond acceptors (Lipinski definition) is 0. The van der Waals surface area contributed by atoms with Crippen LogP contribution in [0.1, 0.15) is 34.1 Å². The molecule has 0 heteroatoms. The van der Waals surface area contributed by atoms with E-state index in [1.165, 1.54) is 6.42 Å². The van der Waals surface area contributed by atoms with E-state index in [1.54, 1.807) is 0 Å². The van der Waals surface area contributed by atoms with Crippen LogP contribution in [0.4, 0.5) is 0 Å². The van der Waals surface area contributed by atoms with Gasteiger partial charge in [0.05, 0.1) is 0 Å². The molecule has 1 atom stereocenters. The van der Waals surface area contributed by atoms with Crippen LogP contribution in [0.2, 0.25) is 0 Å². The third-order valence-electron chi connectivity index (χ3n) is 2.29. The minimum Gasteiger partial charge on any atom is -0.0839 e. The van der Waals surface area contributed by atoms with E-state index >= 15 is 0 Å².